The predicted molar refractivity (Wildman–Crippen MR) is 63.5 cm³/mol. The molecule has 2 aromatic rings. The van der Waals surface area contributed by atoms with E-state index in [-0.39, 0.29) is 0 Å². The van der Waals surface area contributed by atoms with E-state index in [1.54, 1.807) is 0 Å². The zero-order valence-electron chi connectivity index (χ0n) is 9.81. The maximum atomic E-state index is 5.34. The molecule has 0 fully saturated rings. The molecule has 0 saturated carbocycles. The first-order chi connectivity index (χ1) is 8.31. The second-order valence-electron chi connectivity index (χ2n) is 4.47. The van der Waals surface area contributed by atoms with E-state index in [9.17, 15) is 0 Å². The normalized spacial score (nSPS) is 15.1. The summed E-state index contributed by atoms with van der Waals surface area (Å²) in [6.07, 6.45) is 2.17. The number of hydrogen-bond acceptors (Lipinski definition) is 4. The van der Waals surface area contributed by atoms with Crippen molar-refractivity contribution in [3.05, 3.63) is 47.2 Å². The topological polar surface area (TPSA) is 51.0 Å². The molecule has 17 heavy (non-hydrogen) atoms. The van der Waals surface area contributed by atoms with E-state index in [1.807, 2.05) is 6.92 Å². The minimum absolute atomic E-state index is 0.486. The van der Waals surface area contributed by atoms with E-state index in [4.69, 9.17) is 4.42 Å². The molecule has 1 aliphatic rings. The smallest absolute Gasteiger partial charge is 0.230 e. The average molecular weight is 229 g/mol. The van der Waals surface area contributed by atoms with E-state index >= 15 is 0 Å². The molecule has 0 aliphatic heterocycles. The maximum absolute atomic E-state index is 5.34. The van der Waals surface area contributed by atoms with Gasteiger partial charge >= 0.3 is 0 Å². The zero-order chi connectivity index (χ0) is 11.7. The zero-order valence-corrected chi connectivity index (χ0v) is 9.81. The van der Waals surface area contributed by atoms with E-state index in [2.05, 4.69) is 39.8 Å². The van der Waals surface area contributed by atoms with Crippen LogP contribution in [0.5, 0.6) is 0 Å². The molecule has 0 atom stereocenters. The van der Waals surface area contributed by atoms with Gasteiger partial charge in [-0.05, 0) is 24.0 Å². The van der Waals surface area contributed by atoms with Crippen LogP contribution in [0.15, 0.2) is 28.7 Å². The monoisotopic (exact) mass is 229 g/mol. The van der Waals surface area contributed by atoms with Crippen molar-refractivity contribution in [1.82, 2.24) is 15.5 Å². The Hall–Kier alpha value is -1.68. The van der Waals surface area contributed by atoms with Crippen molar-refractivity contribution in [3.8, 4) is 0 Å². The summed E-state index contributed by atoms with van der Waals surface area (Å²) < 4.78 is 5.34. The van der Waals surface area contributed by atoms with Crippen molar-refractivity contribution >= 4 is 0 Å². The second-order valence-corrected chi connectivity index (χ2v) is 4.47. The summed E-state index contributed by atoms with van der Waals surface area (Å²) in [6.45, 7) is 2.46. The molecule has 0 unspecified atom stereocenters. The van der Waals surface area contributed by atoms with Gasteiger partial charge in [0.25, 0.3) is 0 Å². The average Bonchev–Trinajstić information content (AvgIpc) is 2.91. The van der Waals surface area contributed by atoms with Crippen LogP contribution in [0, 0.1) is 6.92 Å². The second kappa shape index (κ2) is 4.30. The molecule has 1 N–H and O–H groups in total. The summed E-state index contributed by atoms with van der Waals surface area (Å²) >= 11 is 0. The van der Waals surface area contributed by atoms with Crippen LogP contribution in [0.25, 0.3) is 0 Å². The first-order valence-corrected chi connectivity index (χ1v) is 5.90. The summed E-state index contributed by atoms with van der Waals surface area (Å²) in [5.74, 6) is 1.29. The highest BCUT2D eigenvalue weighted by Crippen LogP contribution is 2.21. The van der Waals surface area contributed by atoms with Crippen molar-refractivity contribution in [2.24, 2.45) is 0 Å². The lowest BCUT2D eigenvalue weighted by atomic mass is 10.1. The fraction of sp³-hybridized carbons (Fsp3) is 0.385. The van der Waals surface area contributed by atoms with Crippen LogP contribution in [0.1, 0.15) is 22.9 Å². The standard InChI is InChI=1S/C13H15N3O/c1-9-15-16-13(17-9)8-14-12-6-10-4-2-3-5-11(10)7-12/h2-5,12,14H,6-8H2,1H3. The minimum atomic E-state index is 0.486. The van der Waals surface area contributed by atoms with Gasteiger partial charge in [-0.25, -0.2) is 0 Å². The number of aromatic nitrogens is 2. The highest BCUT2D eigenvalue weighted by molar-refractivity contribution is 5.33. The van der Waals surface area contributed by atoms with Crippen LogP contribution in [-0.4, -0.2) is 16.2 Å². The number of aryl methyl sites for hydroxylation is 1. The summed E-state index contributed by atoms with van der Waals surface area (Å²) in [7, 11) is 0. The number of nitrogens with one attached hydrogen (secondary N) is 1. The molecule has 0 saturated heterocycles. The lowest BCUT2D eigenvalue weighted by molar-refractivity contribution is 0.423. The Morgan fingerprint density at radius 2 is 1.94 bits per heavy atom. The summed E-state index contributed by atoms with van der Waals surface area (Å²) in [4.78, 5) is 0. The molecule has 4 heteroatoms. The fourth-order valence-electron chi connectivity index (χ4n) is 2.34. The summed E-state index contributed by atoms with van der Waals surface area (Å²) in [5.41, 5.74) is 2.90. The number of hydrogen-bond donors (Lipinski definition) is 1. The SMILES string of the molecule is Cc1nnc(CNC2Cc3ccccc3C2)o1. The third-order valence-corrected chi connectivity index (χ3v) is 3.16. The van der Waals surface area contributed by atoms with Crippen LogP contribution in [0.3, 0.4) is 0 Å². The van der Waals surface area contributed by atoms with Gasteiger partial charge in [0.05, 0.1) is 6.54 Å². The van der Waals surface area contributed by atoms with Gasteiger partial charge in [0.2, 0.25) is 11.8 Å². The van der Waals surface area contributed by atoms with Gasteiger partial charge in [0.1, 0.15) is 0 Å². The van der Waals surface area contributed by atoms with Crippen LogP contribution in [0.4, 0.5) is 0 Å². The van der Waals surface area contributed by atoms with Crippen molar-refractivity contribution in [2.75, 3.05) is 0 Å². The Labute approximate surface area is 100 Å². The molecule has 4 nitrogen and oxygen atoms in total. The van der Waals surface area contributed by atoms with Crippen molar-refractivity contribution in [3.63, 3.8) is 0 Å². The first-order valence-electron chi connectivity index (χ1n) is 5.90. The fourth-order valence-corrected chi connectivity index (χ4v) is 2.34. The van der Waals surface area contributed by atoms with Gasteiger partial charge < -0.3 is 9.73 Å². The lowest BCUT2D eigenvalue weighted by Gasteiger charge is -2.09. The van der Waals surface area contributed by atoms with E-state index in [0.29, 0.717) is 24.4 Å². The Morgan fingerprint density at radius 3 is 2.53 bits per heavy atom. The van der Waals surface area contributed by atoms with Crippen molar-refractivity contribution in [1.29, 1.82) is 0 Å². The Bertz CT molecular complexity index is 496. The summed E-state index contributed by atoms with van der Waals surface area (Å²) in [6, 6.07) is 9.09. The van der Waals surface area contributed by atoms with Crippen LogP contribution >= 0.6 is 0 Å². The highest BCUT2D eigenvalue weighted by atomic mass is 16.4. The molecule has 88 valence electrons. The molecular formula is C13H15N3O. The van der Waals surface area contributed by atoms with Crippen molar-refractivity contribution < 1.29 is 4.42 Å². The van der Waals surface area contributed by atoms with E-state index < -0.39 is 0 Å². The van der Waals surface area contributed by atoms with Gasteiger partial charge in [-0.3, -0.25) is 0 Å². The summed E-state index contributed by atoms with van der Waals surface area (Å²) in [5, 5.41) is 11.3. The molecular weight excluding hydrogens is 214 g/mol. The van der Waals surface area contributed by atoms with E-state index in [1.165, 1.54) is 11.1 Å². The third kappa shape index (κ3) is 2.22. The Morgan fingerprint density at radius 1 is 1.24 bits per heavy atom. The molecule has 0 spiro atoms. The van der Waals surface area contributed by atoms with Gasteiger partial charge in [0.15, 0.2) is 0 Å². The highest BCUT2D eigenvalue weighted by Gasteiger charge is 2.20. The Balaban J connectivity index is 1.59. The molecule has 1 aliphatic carbocycles. The van der Waals surface area contributed by atoms with Crippen LogP contribution < -0.4 is 5.32 Å². The van der Waals surface area contributed by atoms with Crippen molar-refractivity contribution in [2.45, 2.75) is 32.4 Å². The third-order valence-electron chi connectivity index (χ3n) is 3.16. The minimum Gasteiger partial charge on any atom is -0.424 e. The first kappa shape index (κ1) is 10.5. The number of fused-ring (bicyclic) bond motifs is 1. The van der Waals surface area contributed by atoms with Crippen LogP contribution in [-0.2, 0) is 19.4 Å². The van der Waals surface area contributed by atoms with Gasteiger partial charge in [0, 0.05) is 13.0 Å². The predicted octanol–water partition coefficient (Wildman–Crippen LogP) is 1.64. The van der Waals surface area contributed by atoms with Gasteiger partial charge in [-0.2, -0.15) is 0 Å². The quantitative estimate of drug-likeness (QED) is 0.869. The molecule has 3 rings (SSSR count). The number of benzene rings is 1. The van der Waals surface area contributed by atoms with E-state index in [0.717, 1.165) is 12.8 Å². The number of nitrogens with zero attached hydrogens (tertiary/aromatic N) is 2. The molecule has 1 aromatic carbocycles. The molecule has 0 bridgehead atoms. The molecule has 0 amide bonds. The molecule has 1 heterocycles. The molecule has 0 radical (unpaired) electrons. The maximum Gasteiger partial charge on any atom is 0.230 e. The Kier molecular flexibility index (Phi) is 2.65. The van der Waals surface area contributed by atoms with Crippen LogP contribution in [0.2, 0.25) is 0 Å². The van der Waals surface area contributed by atoms with Gasteiger partial charge in [-0.15, -0.1) is 10.2 Å². The number of rotatable bonds is 3. The lowest BCUT2D eigenvalue weighted by Crippen LogP contribution is -2.29. The van der Waals surface area contributed by atoms with Gasteiger partial charge in [-0.1, -0.05) is 24.3 Å². The molecule has 1 aromatic heterocycles. The largest absolute Gasteiger partial charge is 0.424 e.